The second-order valence-electron chi connectivity index (χ2n) is 5.50. The van der Waals surface area contributed by atoms with Crippen molar-refractivity contribution in [2.45, 2.75) is 33.1 Å². The predicted molar refractivity (Wildman–Crippen MR) is 77.5 cm³/mol. The molecule has 1 aromatic heterocycles. The van der Waals surface area contributed by atoms with Crippen LogP contribution < -0.4 is 5.32 Å². The molecule has 0 atom stereocenters. The molecule has 2 rings (SSSR count). The van der Waals surface area contributed by atoms with E-state index in [9.17, 15) is 4.79 Å². The van der Waals surface area contributed by atoms with E-state index in [1.807, 2.05) is 27.0 Å². The van der Waals surface area contributed by atoms with Crippen molar-refractivity contribution in [2.24, 2.45) is 7.05 Å². The third-order valence-corrected chi connectivity index (χ3v) is 4.18. The number of piperidine rings is 1. The quantitative estimate of drug-likeness (QED) is 0.900. The molecular formula is C15H25N3O. The van der Waals surface area contributed by atoms with Crippen LogP contribution in [-0.4, -0.2) is 41.6 Å². The van der Waals surface area contributed by atoms with Gasteiger partial charge in [-0.3, -0.25) is 4.79 Å². The number of hydrogen-bond acceptors (Lipinski definition) is 2. The summed E-state index contributed by atoms with van der Waals surface area (Å²) in [4.78, 5) is 14.6. The van der Waals surface area contributed by atoms with Crippen LogP contribution in [-0.2, 0) is 7.05 Å². The summed E-state index contributed by atoms with van der Waals surface area (Å²) in [6, 6.07) is 1.96. The van der Waals surface area contributed by atoms with Crippen molar-refractivity contribution >= 4 is 5.91 Å². The summed E-state index contributed by atoms with van der Waals surface area (Å²) in [7, 11) is 2.00. The maximum absolute atomic E-state index is 12.1. The van der Waals surface area contributed by atoms with Crippen LogP contribution >= 0.6 is 0 Å². The van der Waals surface area contributed by atoms with Crippen LogP contribution in [0, 0.1) is 13.8 Å². The Morgan fingerprint density at radius 3 is 2.53 bits per heavy atom. The molecule has 1 amide bonds. The number of rotatable bonds is 4. The molecule has 0 spiro atoms. The Morgan fingerprint density at radius 1 is 1.26 bits per heavy atom. The maximum atomic E-state index is 12.1. The van der Waals surface area contributed by atoms with Gasteiger partial charge in [-0.15, -0.1) is 0 Å². The Morgan fingerprint density at radius 2 is 1.95 bits per heavy atom. The molecule has 0 bridgehead atoms. The third-order valence-electron chi connectivity index (χ3n) is 4.18. The van der Waals surface area contributed by atoms with Crippen LogP contribution in [0.15, 0.2) is 6.07 Å². The molecule has 0 aliphatic carbocycles. The molecule has 1 N–H and O–H groups in total. The lowest BCUT2D eigenvalue weighted by atomic mass is 10.1. The zero-order valence-corrected chi connectivity index (χ0v) is 12.3. The SMILES string of the molecule is Cc1cc(C(=O)NCCN2CCCCC2)c(C)n1C. The van der Waals surface area contributed by atoms with E-state index < -0.39 is 0 Å². The summed E-state index contributed by atoms with van der Waals surface area (Å²) < 4.78 is 2.06. The van der Waals surface area contributed by atoms with Gasteiger partial charge < -0.3 is 14.8 Å². The van der Waals surface area contributed by atoms with Crippen LogP contribution in [0.5, 0.6) is 0 Å². The second kappa shape index (κ2) is 6.24. The van der Waals surface area contributed by atoms with E-state index in [0.717, 1.165) is 30.0 Å². The van der Waals surface area contributed by atoms with Gasteiger partial charge in [-0.1, -0.05) is 6.42 Å². The number of aromatic nitrogens is 1. The van der Waals surface area contributed by atoms with Crippen LogP contribution in [0.3, 0.4) is 0 Å². The van der Waals surface area contributed by atoms with E-state index in [4.69, 9.17) is 0 Å². The van der Waals surface area contributed by atoms with Gasteiger partial charge in [0, 0.05) is 31.5 Å². The molecule has 2 heterocycles. The van der Waals surface area contributed by atoms with Gasteiger partial charge in [-0.2, -0.15) is 0 Å². The topological polar surface area (TPSA) is 37.3 Å². The first-order valence-corrected chi connectivity index (χ1v) is 7.23. The predicted octanol–water partition coefficient (Wildman–Crippen LogP) is 1.86. The molecule has 4 heteroatoms. The summed E-state index contributed by atoms with van der Waals surface area (Å²) in [6.45, 7) is 8.09. The highest BCUT2D eigenvalue weighted by Gasteiger charge is 2.14. The average molecular weight is 263 g/mol. The normalized spacial score (nSPS) is 16.6. The molecule has 1 fully saturated rings. The van der Waals surface area contributed by atoms with E-state index in [0.29, 0.717) is 0 Å². The molecule has 1 aromatic rings. The van der Waals surface area contributed by atoms with Gasteiger partial charge >= 0.3 is 0 Å². The van der Waals surface area contributed by atoms with Crippen LogP contribution in [0.25, 0.3) is 0 Å². The number of amides is 1. The molecule has 0 radical (unpaired) electrons. The smallest absolute Gasteiger partial charge is 0.253 e. The average Bonchev–Trinajstić information content (AvgIpc) is 2.68. The van der Waals surface area contributed by atoms with Gasteiger partial charge in [-0.05, 0) is 45.8 Å². The maximum Gasteiger partial charge on any atom is 0.253 e. The molecule has 19 heavy (non-hydrogen) atoms. The van der Waals surface area contributed by atoms with Crippen molar-refractivity contribution < 1.29 is 4.79 Å². The Kier molecular flexibility index (Phi) is 4.64. The first-order chi connectivity index (χ1) is 9.09. The Bertz CT molecular complexity index is 444. The number of nitrogens with zero attached hydrogens (tertiary/aromatic N) is 2. The Labute approximate surface area is 115 Å². The minimum Gasteiger partial charge on any atom is -0.351 e. The van der Waals surface area contributed by atoms with Gasteiger partial charge in [0.05, 0.1) is 5.56 Å². The summed E-state index contributed by atoms with van der Waals surface area (Å²) in [5.74, 6) is 0.0539. The molecule has 0 unspecified atom stereocenters. The minimum absolute atomic E-state index is 0.0539. The molecule has 106 valence electrons. The Hall–Kier alpha value is -1.29. The monoisotopic (exact) mass is 263 g/mol. The number of likely N-dealkylation sites (tertiary alicyclic amines) is 1. The zero-order chi connectivity index (χ0) is 13.8. The minimum atomic E-state index is 0.0539. The van der Waals surface area contributed by atoms with Crippen LogP contribution in [0.1, 0.15) is 41.0 Å². The van der Waals surface area contributed by atoms with Gasteiger partial charge in [-0.25, -0.2) is 0 Å². The van der Waals surface area contributed by atoms with Gasteiger partial charge in [0.25, 0.3) is 5.91 Å². The number of nitrogens with one attached hydrogen (secondary N) is 1. The highest BCUT2D eigenvalue weighted by molar-refractivity contribution is 5.95. The van der Waals surface area contributed by atoms with E-state index in [1.165, 1.54) is 32.4 Å². The molecule has 1 aliphatic rings. The summed E-state index contributed by atoms with van der Waals surface area (Å²) in [5.41, 5.74) is 2.96. The van der Waals surface area contributed by atoms with Crippen molar-refractivity contribution in [3.8, 4) is 0 Å². The van der Waals surface area contributed by atoms with Crippen LogP contribution in [0.2, 0.25) is 0 Å². The first kappa shape index (κ1) is 14.1. The molecular weight excluding hydrogens is 238 g/mol. The van der Waals surface area contributed by atoms with Crippen molar-refractivity contribution in [2.75, 3.05) is 26.2 Å². The lowest BCUT2D eigenvalue weighted by Gasteiger charge is -2.26. The van der Waals surface area contributed by atoms with E-state index in [1.54, 1.807) is 0 Å². The molecule has 1 saturated heterocycles. The van der Waals surface area contributed by atoms with Crippen molar-refractivity contribution in [1.29, 1.82) is 0 Å². The van der Waals surface area contributed by atoms with Crippen molar-refractivity contribution in [3.63, 3.8) is 0 Å². The fourth-order valence-electron chi connectivity index (χ4n) is 2.69. The summed E-state index contributed by atoms with van der Waals surface area (Å²) in [6.07, 6.45) is 3.95. The highest BCUT2D eigenvalue weighted by Crippen LogP contribution is 2.13. The number of carbonyl (C=O) groups excluding carboxylic acids is 1. The fourth-order valence-corrected chi connectivity index (χ4v) is 2.69. The molecule has 4 nitrogen and oxygen atoms in total. The standard InChI is InChI=1S/C15H25N3O/c1-12-11-14(13(2)17(12)3)15(19)16-7-10-18-8-5-4-6-9-18/h11H,4-10H2,1-3H3,(H,16,19). The Balaban J connectivity index is 1.82. The van der Waals surface area contributed by atoms with Crippen molar-refractivity contribution in [3.05, 3.63) is 23.0 Å². The second-order valence-corrected chi connectivity index (χ2v) is 5.50. The number of aryl methyl sites for hydroxylation is 1. The fraction of sp³-hybridized carbons (Fsp3) is 0.667. The van der Waals surface area contributed by atoms with E-state index in [2.05, 4.69) is 14.8 Å². The lowest BCUT2D eigenvalue weighted by Crippen LogP contribution is -2.37. The van der Waals surface area contributed by atoms with Gasteiger partial charge in [0.2, 0.25) is 0 Å². The molecule has 0 aromatic carbocycles. The number of carbonyl (C=O) groups is 1. The summed E-state index contributed by atoms with van der Waals surface area (Å²) >= 11 is 0. The van der Waals surface area contributed by atoms with Crippen LogP contribution in [0.4, 0.5) is 0 Å². The van der Waals surface area contributed by atoms with Gasteiger partial charge in [0.15, 0.2) is 0 Å². The molecule has 0 saturated carbocycles. The molecule has 1 aliphatic heterocycles. The first-order valence-electron chi connectivity index (χ1n) is 7.23. The van der Waals surface area contributed by atoms with Gasteiger partial charge in [0.1, 0.15) is 0 Å². The third kappa shape index (κ3) is 3.38. The van der Waals surface area contributed by atoms with E-state index in [-0.39, 0.29) is 5.91 Å². The zero-order valence-electron chi connectivity index (χ0n) is 12.3. The summed E-state index contributed by atoms with van der Waals surface area (Å²) in [5, 5.41) is 3.03. The lowest BCUT2D eigenvalue weighted by molar-refractivity contribution is 0.0946. The van der Waals surface area contributed by atoms with Crippen molar-refractivity contribution in [1.82, 2.24) is 14.8 Å². The van der Waals surface area contributed by atoms with E-state index >= 15 is 0 Å². The number of hydrogen-bond donors (Lipinski definition) is 1. The highest BCUT2D eigenvalue weighted by atomic mass is 16.1. The largest absolute Gasteiger partial charge is 0.351 e.